The molecule has 3 nitrogen and oxygen atoms in total. The second-order valence-electron chi connectivity index (χ2n) is 6.22. The number of rotatable bonds is 2. The van der Waals surface area contributed by atoms with Crippen molar-refractivity contribution in [2.45, 2.75) is 38.6 Å². The fraction of sp³-hybridized carbons (Fsp3) is 0.333. The lowest BCUT2D eigenvalue weighted by atomic mass is 9.88. The molecule has 2 aromatic heterocycles. The van der Waals surface area contributed by atoms with Crippen LogP contribution < -0.4 is 5.56 Å². The smallest absolute Gasteiger partial charge is 0.262 e. The lowest BCUT2D eigenvalue weighted by Gasteiger charge is -2.18. The van der Waals surface area contributed by atoms with Crippen LogP contribution in [0, 0.1) is 5.82 Å². The van der Waals surface area contributed by atoms with Crippen molar-refractivity contribution >= 4 is 21.6 Å². The van der Waals surface area contributed by atoms with Gasteiger partial charge in [-0.25, -0.2) is 9.37 Å². The van der Waals surface area contributed by atoms with Crippen LogP contribution in [0.25, 0.3) is 10.2 Å². The highest BCUT2D eigenvalue weighted by atomic mass is 32.1. The minimum atomic E-state index is -0.268. The van der Waals surface area contributed by atoms with Crippen molar-refractivity contribution in [3.05, 3.63) is 62.8 Å². The zero-order chi connectivity index (χ0) is 16.0. The zero-order valence-corrected chi connectivity index (χ0v) is 13.7. The molecule has 23 heavy (non-hydrogen) atoms. The maximum absolute atomic E-state index is 13.0. The monoisotopic (exact) mass is 328 g/mol. The third-order valence-electron chi connectivity index (χ3n) is 4.59. The molecular weight excluding hydrogens is 311 g/mol. The summed E-state index contributed by atoms with van der Waals surface area (Å²) in [5.41, 5.74) is 2.12. The molecule has 0 amide bonds. The number of hydrogen-bond donors (Lipinski definition) is 0. The molecule has 1 aliphatic rings. The van der Waals surface area contributed by atoms with Gasteiger partial charge < -0.3 is 0 Å². The van der Waals surface area contributed by atoms with E-state index in [0.717, 1.165) is 28.6 Å². The second-order valence-corrected chi connectivity index (χ2v) is 7.30. The predicted octanol–water partition coefficient (Wildman–Crippen LogP) is 4.09. The maximum atomic E-state index is 13.0. The Morgan fingerprint density at radius 2 is 2.13 bits per heavy atom. The lowest BCUT2D eigenvalue weighted by Crippen LogP contribution is -2.22. The van der Waals surface area contributed by atoms with Gasteiger partial charge in [0.25, 0.3) is 5.56 Å². The van der Waals surface area contributed by atoms with E-state index < -0.39 is 0 Å². The van der Waals surface area contributed by atoms with Gasteiger partial charge in [0.2, 0.25) is 0 Å². The molecule has 1 atom stereocenters. The standard InChI is InChI=1S/C18H17FN2OS/c1-11-3-2-4-14-15(11)16-17(23-14)20-10-21(18(16)22)9-12-5-7-13(19)8-6-12/h5-8,10-11H,2-4,9H2,1H3. The van der Waals surface area contributed by atoms with Crippen LogP contribution in [0.1, 0.15) is 41.7 Å². The molecule has 0 saturated heterocycles. The number of nitrogens with zero attached hydrogens (tertiary/aromatic N) is 2. The number of halogens is 1. The van der Waals surface area contributed by atoms with Gasteiger partial charge in [0.15, 0.2) is 0 Å². The van der Waals surface area contributed by atoms with Gasteiger partial charge in [0, 0.05) is 4.88 Å². The SMILES string of the molecule is CC1CCCc2sc3ncn(Cc4ccc(F)cc4)c(=O)c3c21. The summed E-state index contributed by atoms with van der Waals surface area (Å²) in [5, 5.41) is 0.793. The van der Waals surface area contributed by atoms with Crippen LogP contribution in [-0.4, -0.2) is 9.55 Å². The molecule has 0 N–H and O–H groups in total. The van der Waals surface area contributed by atoms with Gasteiger partial charge in [0.1, 0.15) is 10.6 Å². The van der Waals surface area contributed by atoms with Crippen LogP contribution >= 0.6 is 11.3 Å². The number of aryl methyl sites for hydroxylation is 1. The summed E-state index contributed by atoms with van der Waals surface area (Å²) >= 11 is 1.66. The van der Waals surface area contributed by atoms with E-state index in [4.69, 9.17) is 0 Å². The highest BCUT2D eigenvalue weighted by molar-refractivity contribution is 7.18. The topological polar surface area (TPSA) is 34.9 Å². The Morgan fingerprint density at radius 1 is 1.35 bits per heavy atom. The van der Waals surface area contributed by atoms with E-state index in [1.54, 1.807) is 34.4 Å². The van der Waals surface area contributed by atoms with Gasteiger partial charge in [-0.3, -0.25) is 9.36 Å². The van der Waals surface area contributed by atoms with E-state index in [2.05, 4.69) is 11.9 Å². The Kier molecular flexibility index (Phi) is 3.53. The van der Waals surface area contributed by atoms with E-state index in [-0.39, 0.29) is 11.4 Å². The van der Waals surface area contributed by atoms with Gasteiger partial charge >= 0.3 is 0 Å². The number of aromatic nitrogens is 2. The van der Waals surface area contributed by atoms with Gasteiger partial charge in [-0.15, -0.1) is 11.3 Å². The first-order chi connectivity index (χ1) is 11.1. The largest absolute Gasteiger partial charge is 0.294 e. The molecule has 4 rings (SSSR count). The first-order valence-corrected chi connectivity index (χ1v) is 8.70. The molecule has 5 heteroatoms. The van der Waals surface area contributed by atoms with Gasteiger partial charge in [-0.1, -0.05) is 19.1 Å². The first-order valence-electron chi connectivity index (χ1n) is 7.88. The minimum absolute atomic E-state index is 0.0191. The third kappa shape index (κ3) is 2.49. The van der Waals surface area contributed by atoms with Gasteiger partial charge in [-0.05, 0) is 48.4 Å². The van der Waals surface area contributed by atoms with Gasteiger partial charge in [0.05, 0.1) is 18.3 Å². The van der Waals surface area contributed by atoms with Crippen LogP contribution in [0.2, 0.25) is 0 Å². The van der Waals surface area contributed by atoms with Crippen molar-refractivity contribution < 1.29 is 4.39 Å². The summed E-state index contributed by atoms with van der Waals surface area (Å²) < 4.78 is 14.7. The Morgan fingerprint density at radius 3 is 2.91 bits per heavy atom. The molecule has 0 spiro atoms. The molecule has 1 aromatic carbocycles. The molecule has 0 aliphatic heterocycles. The number of thiophene rings is 1. The van der Waals surface area contributed by atoms with Crippen LogP contribution in [0.4, 0.5) is 4.39 Å². The quantitative estimate of drug-likeness (QED) is 0.710. The van der Waals surface area contributed by atoms with E-state index in [1.165, 1.54) is 29.0 Å². The summed E-state index contributed by atoms with van der Waals surface area (Å²) in [6.07, 6.45) is 4.98. The number of benzene rings is 1. The van der Waals surface area contributed by atoms with E-state index >= 15 is 0 Å². The minimum Gasteiger partial charge on any atom is -0.294 e. The summed E-state index contributed by atoms with van der Waals surface area (Å²) in [4.78, 5) is 19.6. The van der Waals surface area contributed by atoms with E-state index in [1.807, 2.05) is 0 Å². The lowest BCUT2D eigenvalue weighted by molar-refractivity contribution is 0.601. The van der Waals surface area contributed by atoms with Crippen LogP contribution in [0.15, 0.2) is 35.4 Å². The summed E-state index contributed by atoms with van der Waals surface area (Å²) in [5.74, 6) is 0.152. The van der Waals surface area contributed by atoms with E-state index in [0.29, 0.717) is 12.5 Å². The molecule has 0 saturated carbocycles. The van der Waals surface area contributed by atoms with E-state index in [9.17, 15) is 9.18 Å². The second kappa shape index (κ2) is 5.57. The predicted molar refractivity (Wildman–Crippen MR) is 90.7 cm³/mol. The Bertz CT molecular complexity index is 927. The van der Waals surface area contributed by atoms with Crippen LogP contribution in [0.3, 0.4) is 0 Å². The average Bonchev–Trinajstić information content (AvgIpc) is 2.93. The summed E-state index contributed by atoms with van der Waals surface area (Å²) in [6.45, 7) is 2.61. The Balaban J connectivity index is 1.83. The fourth-order valence-electron chi connectivity index (χ4n) is 3.41. The third-order valence-corrected chi connectivity index (χ3v) is 5.77. The normalized spacial score (nSPS) is 17.4. The van der Waals surface area contributed by atoms with Crippen molar-refractivity contribution in [2.24, 2.45) is 0 Å². The molecular formula is C18H17FN2OS. The highest BCUT2D eigenvalue weighted by Crippen LogP contribution is 2.39. The van der Waals surface area contributed by atoms with Gasteiger partial charge in [-0.2, -0.15) is 0 Å². The molecule has 118 valence electrons. The molecule has 0 fully saturated rings. The molecule has 3 aromatic rings. The summed E-state index contributed by atoms with van der Waals surface area (Å²) in [6, 6.07) is 6.25. The number of fused-ring (bicyclic) bond motifs is 3. The molecule has 0 bridgehead atoms. The maximum Gasteiger partial charge on any atom is 0.262 e. The molecule has 2 heterocycles. The first kappa shape index (κ1) is 14.6. The molecule has 0 radical (unpaired) electrons. The molecule has 1 unspecified atom stereocenters. The Hall–Kier alpha value is -2.01. The van der Waals surface area contributed by atoms with Crippen LogP contribution in [-0.2, 0) is 13.0 Å². The van der Waals surface area contributed by atoms with Crippen LogP contribution in [0.5, 0.6) is 0 Å². The van der Waals surface area contributed by atoms with Crippen molar-refractivity contribution in [3.8, 4) is 0 Å². The fourth-order valence-corrected chi connectivity index (χ4v) is 4.70. The van der Waals surface area contributed by atoms with Crippen molar-refractivity contribution in [1.82, 2.24) is 9.55 Å². The van der Waals surface area contributed by atoms with Crippen molar-refractivity contribution in [3.63, 3.8) is 0 Å². The van der Waals surface area contributed by atoms with Crippen molar-refractivity contribution in [2.75, 3.05) is 0 Å². The number of hydrogen-bond acceptors (Lipinski definition) is 3. The Labute approximate surface area is 137 Å². The zero-order valence-electron chi connectivity index (χ0n) is 12.9. The highest BCUT2D eigenvalue weighted by Gasteiger charge is 2.24. The van der Waals surface area contributed by atoms with Crippen molar-refractivity contribution in [1.29, 1.82) is 0 Å². The molecule has 1 aliphatic carbocycles. The average molecular weight is 328 g/mol. The summed E-state index contributed by atoms with van der Waals surface area (Å²) in [7, 11) is 0.